The summed E-state index contributed by atoms with van der Waals surface area (Å²) in [4.78, 5) is 16.5. The minimum absolute atomic E-state index is 0.0447. The van der Waals surface area contributed by atoms with E-state index in [1.54, 1.807) is 43.3 Å². The van der Waals surface area contributed by atoms with Crippen LogP contribution in [0.4, 0.5) is 5.69 Å². The molecule has 2 aromatic carbocycles. The molecule has 1 amide bonds. The van der Waals surface area contributed by atoms with Crippen LogP contribution in [0, 0.1) is 0 Å². The first-order valence-electron chi connectivity index (χ1n) is 8.73. The van der Waals surface area contributed by atoms with Gasteiger partial charge in [-0.05, 0) is 49.7 Å². The predicted octanol–water partition coefficient (Wildman–Crippen LogP) is 3.22. The van der Waals surface area contributed by atoms with Crippen molar-refractivity contribution in [3.63, 3.8) is 0 Å². The molecule has 9 heteroatoms. The summed E-state index contributed by atoms with van der Waals surface area (Å²) in [5.74, 6) is 0.508. The lowest BCUT2D eigenvalue weighted by atomic mass is 10.3. The molecule has 0 fully saturated rings. The van der Waals surface area contributed by atoms with E-state index < -0.39 is 22.0 Å². The maximum absolute atomic E-state index is 12.5. The van der Waals surface area contributed by atoms with Gasteiger partial charge in [0.25, 0.3) is 15.9 Å². The van der Waals surface area contributed by atoms with Crippen LogP contribution in [0.2, 0.25) is 5.02 Å². The molecule has 3 rings (SSSR count). The number of halogens is 1. The van der Waals surface area contributed by atoms with Gasteiger partial charge in [0.15, 0.2) is 6.10 Å². The Balaban J connectivity index is 1.67. The van der Waals surface area contributed by atoms with Crippen LogP contribution in [0.1, 0.15) is 19.8 Å². The first-order valence-corrected chi connectivity index (χ1v) is 10.6. The van der Waals surface area contributed by atoms with Gasteiger partial charge in [-0.15, -0.1) is 0 Å². The SMILES string of the molecule is C[C@@H](Oc1cccc(Cl)c1)C(=O)Nc1cccc(S(=O)(=O)NC2=NCCC2)c1. The highest BCUT2D eigenvalue weighted by atomic mass is 35.5. The summed E-state index contributed by atoms with van der Waals surface area (Å²) in [5.41, 5.74) is 0.350. The topological polar surface area (TPSA) is 96.9 Å². The molecular formula is C19H20ClN3O4S. The second-order valence-electron chi connectivity index (χ2n) is 6.27. The van der Waals surface area contributed by atoms with Crippen LogP contribution in [-0.4, -0.2) is 32.8 Å². The van der Waals surface area contributed by atoms with Crippen LogP contribution in [0.25, 0.3) is 0 Å². The summed E-state index contributed by atoms with van der Waals surface area (Å²) in [6.45, 7) is 2.22. The van der Waals surface area contributed by atoms with Crippen LogP contribution >= 0.6 is 11.6 Å². The molecule has 28 heavy (non-hydrogen) atoms. The summed E-state index contributed by atoms with van der Waals surface area (Å²) >= 11 is 5.91. The van der Waals surface area contributed by atoms with Crippen molar-refractivity contribution in [2.45, 2.75) is 30.8 Å². The zero-order valence-corrected chi connectivity index (χ0v) is 16.8. The lowest BCUT2D eigenvalue weighted by Crippen LogP contribution is -2.31. The van der Waals surface area contributed by atoms with E-state index in [9.17, 15) is 13.2 Å². The fraction of sp³-hybridized carbons (Fsp3) is 0.263. The van der Waals surface area contributed by atoms with Crippen molar-refractivity contribution in [2.24, 2.45) is 4.99 Å². The summed E-state index contributed by atoms with van der Waals surface area (Å²) in [6, 6.07) is 12.7. The minimum Gasteiger partial charge on any atom is -0.481 e. The summed E-state index contributed by atoms with van der Waals surface area (Å²) in [6.07, 6.45) is 0.636. The maximum Gasteiger partial charge on any atom is 0.265 e. The average molecular weight is 422 g/mol. The van der Waals surface area contributed by atoms with Crippen molar-refractivity contribution in [1.82, 2.24) is 4.72 Å². The largest absolute Gasteiger partial charge is 0.481 e. The third-order valence-corrected chi connectivity index (χ3v) is 5.63. The number of carbonyl (C=O) groups is 1. The molecule has 7 nitrogen and oxygen atoms in total. The highest BCUT2D eigenvalue weighted by molar-refractivity contribution is 7.90. The molecule has 0 unspecified atom stereocenters. The number of amidine groups is 1. The first-order chi connectivity index (χ1) is 13.3. The number of benzene rings is 2. The molecular weight excluding hydrogens is 402 g/mol. The summed E-state index contributed by atoms with van der Waals surface area (Å²) in [5, 5.41) is 3.17. The number of carbonyl (C=O) groups excluding carboxylic acids is 1. The molecule has 0 aliphatic carbocycles. The molecule has 148 valence electrons. The van der Waals surface area contributed by atoms with Gasteiger partial charge in [0, 0.05) is 23.7 Å². The average Bonchev–Trinajstić information content (AvgIpc) is 3.14. The Morgan fingerprint density at radius 2 is 2.00 bits per heavy atom. The van der Waals surface area contributed by atoms with Crippen molar-refractivity contribution in [2.75, 3.05) is 11.9 Å². The predicted molar refractivity (Wildman–Crippen MR) is 108 cm³/mol. The second-order valence-corrected chi connectivity index (χ2v) is 8.39. The molecule has 0 saturated carbocycles. The Kier molecular flexibility index (Phi) is 6.21. The Morgan fingerprint density at radius 3 is 2.71 bits per heavy atom. The number of aliphatic imine (C=N–C) groups is 1. The smallest absolute Gasteiger partial charge is 0.265 e. The quantitative estimate of drug-likeness (QED) is 0.748. The fourth-order valence-electron chi connectivity index (χ4n) is 2.62. The Hall–Kier alpha value is -2.58. The van der Waals surface area contributed by atoms with Crippen LogP contribution in [0.3, 0.4) is 0 Å². The Labute approximate surface area is 168 Å². The van der Waals surface area contributed by atoms with E-state index in [1.165, 1.54) is 12.1 Å². The fourth-order valence-corrected chi connectivity index (χ4v) is 3.93. The zero-order valence-electron chi connectivity index (χ0n) is 15.2. The van der Waals surface area contributed by atoms with Crippen LogP contribution in [-0.2, 0) is 14.8 Å². The molecule has 2 N–H and O–H groups in total. The minimum atomic E-state index is -3.75. The lowest BCUT2D eigenvalue weighted by molar-refractivity contribution is -0.122. The third-order valence-electron chi connectivity index (χ3n) is 4.02. The van der Waals surface area contributed by atoms with Crippen molar-refractivity contribution >= 4 is 39.1 Å². The van der Waals surface area contributed by atoms with Crippen molar-refractivity contribution < 1.29 is 17.9 Å². The van der Waals surface area contributed by atoms with Crippen molar-refractivity contribution in [3.8, 4) is 5.75 Å². The van der Waals surface area contributed by atoms with E-state index in [1.807, 2.05) is 0 Å². The highest BCUT2D eigenvalue weighted by Gasteiger charge is 2.20. The van der Waals surface area contributed by atoms with Crippen LogP contribution < -0.4 is 14.8 Å². The second kappa shape index (κ2) is 8.62. The Bertz CT molecular complexity index is 1010. The number of hydrogen-bond acceptors (Lipinski definition) is 5. The highest BCUT2D eigenvalue weighted by Crippen LogP contribution is 2.20. The number of rotatable bonds is 6. The molecule has 1 aliphatic heterocycles. The van der Waals surface area contributed by atoms with Crippen molar-refractivity contribution in [3.05, 3.63) is 53.6 Å². The standard InChI is InChI=1S/C19H20ClN3O4S/c1-13(27-16-7-2-5-14(20)11-16)19(24)22-15-6-3-8-17(12-15)28(25,26)23-18-9-4-10-21-18/h2-3,5-8,11-13H,4,9-10H2,1H3,(H,21,23)(H,22,24)/t13-/m1/s1. The van der Waals surface area contributed by atoms with Crippen LogP contribution in [0.5, 0.6) is 5.75 Å². The van der Waals surface area contributed by atoms with E-state index in [2.05, 4.69) is 15.0 Å². The number of hydrogen-bond donors (Lipinski definition) is 2. The van der Waals surface area contributed by atoms with Gasteiger partial charge in [0.2, 0.25) is 0 Å². The van der Waals surface area contributed by atoms with Gasteiger partial charge >= 0.3 is 0 Å². The number of sulfonamides is 1. The molecule has 0 radical (unpaired) electrons. The monoisotopic (exact) mass is 421 g/mol. The van der Waals surface area contributed by atoms with Gasteiger partial charge in [-0.25, -0.2) is 8.42 Å². The maximum atomic E-state index is 12.5. The van der Waals surface area contributed by atoms with Crippen molar-refractivity contribution in [1.29, 1.82) is 0 Å². The molecule has 1 heterocycles. The van der Waals surface area contributed by atoms with Gasteiger partial charge < -0.3 is 10.1 Å². The normalized spacial score (nSPS) is 14.9. The van der Waals surface area contributed by atoms with Gasteiger partial charge in [-0.1, -0.05) is 23.7 Å². The van der Waals surface area contributed by atoms with Gasteiger partial charge in [0.05, 0.1) is 4.90 Å². The first kappa shape index (κ1) is 20.2. The number of ether oxygens (including phenoxy) is 1. The van der Waals surface area contributed by atoms with Gasteiger partial charge in [-0.3, -0.25) is 14.5 Å². The number of nitrogens with zero attached hydrogens (tertiary/aromatic N) is 1. The van der Waals surface area contributed by atoms with E-state index in [0.717, 1.165) is 6.42 Å². The lowest BCUT2D eigenvalue weighted by Gasteiger charge is -2.15. The molecule has 2 aromatic rings. The molecule has 0 saturated heterocycles. The molecule has 0 spiro atoms. The number of amides is 1. The number of nitrogens with one attached hydrogen (secondary N) is 2. The van der Waals surface area contributed by atoms with E-state index in [-0.39, 0.29) is 4.90 Å². The van der Waals surface area contributed by atoms with E-state index in [0.29, 0.717) is 35.3 Å². The molecule has 1 aliphatic rings. The van der Waals surface area contributed by atoms with Gasteiger partial charge in [-0.2, -0.15) is 0 Å². The van der Waals surface area contributed by atoms with Gasteiger partial charge in [0.1, 0.15) is 11.6 Å². The summed E-state index contributed by atoms with van der Waals surface area (Å²) < 4.78 is 33.0. The Morgan fingerprint density at radius 1 is 1.21 bits per heavy atom. The van der Waals surface area contributed by atoms with E-state index >= 15 is 0 Å². The molecule has 1 atom stereocenters. The third kappa shape index (κ3) is 5.24. The van der Waals surface area contributed by atoms with Crippen LogP contribution in [0.15, 0.2) is 58.4 Å². The summed E-state index contributed by atoms with van der Waals surface area (Å²) in [7, 11) is -3.75. The molecule has 0 bridgehead atoms. The zero-order chi connectivity index (χ0) is 20.1. The molecule has 0 aromatic heterocycles. The number of anilines is 1. The van der Waals surface area contributed by atoms with E-state index in [4.69, 9.17) is 16.3 Å².